The van der Waals surface area contributed by atoms with Crippen molar-refractivity contribution in [1.29, 1.82) is 0 Å². The molecule has 4 heteroatoms. The monoisotopic (exact) mass is 544 g/mol. The van der Waals surface area contributed by atoms with E-state index < -0.39 is 0 Å². The lowest BCUT2D eigenvalue weighted by molar-refractivity contribution is 0.555. The van der Waals surface area contributed by atoms with Gasteiger partial charge in [0.05, 0.1) is 0 Å². The maximum Gasteiger partial charge on any atom is 0.128 e. The molecule has 0 radical (unpaired) electrons. The first-order chi connectivity index (χ1) is 20.7. The van der Waals surface area contributed by atoms with Gasteiger partial charge in [0.15, 0.2) is 0 Å². The molecule has 7 rings (SSSR count). The molecule has 6 aromatic carbocycles. The number of anilines is 1. The van der Waals surface area contributed by atoms with E-state index in [-0.39, 0.29) is 6.17 Å². The number of nitrogens with zero attached hydrogens (tertiary/aromatic N) is 1. The maximum absolute atomic E-state index is 6.68. The Morgan fingerprint density at radius 2 is 1.45 bits per heavy atom. The average molecular weight is 545 g/mol. The van der Waals surface area contributed by atoms with Gasteiger partial charge < -0.3 is 11.1 Å². The second-order valence-corrected chi connectivity index (χ2v) is 10.7. The van der Waals surface area contributed by atoms with E-state index in [9.17, 15) is 0 Å². The molecule has 6 aromatic rings. The van der Waals surface area contributed by atoms with Crippen LogP contribution in [0.3, 0.4) is 0 Å². The van der Waals surface area contributed by atoms with Crippen LogP contribution in [0.2, 0.25) is 0 Å². The first-order valence-electron chi connectivity index (χ1n) is 14.4. The molecular formula is C38H32N4. The summed E-state index contributed by atoms with van der Waals surface area (Å²) in [5.41, 5.74) is 14.6. The third-order valence-electron chi connectivity index (χ3n) is 7.95. The van der Waals surface area contributed by atoms with Gasteiger partial charge >= 0.3 is 0 Å². The molecule has 204 valence electrons. The van der Waals surface area contributed by atoms with Gasteiger partial charge in [-0.2, -0.15) is 0 Å². The van der Waals surface area contributed by atoms with Gasteiger partial charge in [0.2, 0.25) is 0 Å². The fourth-order valence-electron chi connectivity index (χ4n) is 5.71. The lowest BCUT2D eigenvalue weighted by atomic mass is 9.97. The SMILES string of the molecule is NC(=NC(NCc1ccc2ccccc2c1)c1ccc2ccccc2c1)c1ccc(-c2cccc3c2NCC=C3)cc1. The highest BCUT2D eigenvalue weighted by Gasteiger charge is 2.14. The third-order valence-corrected chi connectivity index (χ3v) is 7.95. The van der Waals surface area contributed by atoms with Crippen molar-refractivity contribution in [3.8, 4) is 11.1 Å². The summed E-state index contributed by atoms with van der Waals surface area (Å²) in [6.07, 6.45) is 4.01. The van der Waals surface area contributed by atoms with E-state index in [2.05, 4.69) is 150 Å². The van der Waals surface area contributed by atoms with E-state index in [1.165, 1.54) is 43.9 Å². The van der Waals surface area contributed by atoms with E-state index in [1.807, 2.05) is 0 Å². The standard InChI is InChI=1S/C38H32N4/c39-37(31-19-17-29(18-20-31)35-13-5-11-30-12-6-22-40-36(30)35)42-38(34-21-16-28-8-2-4-10-33(28)24-34)41-25-26-14-15-27-7-1-3-9-32(27)23-26/h1-21,23-24,38,40-41H,22,25H2,(H2,39,42). The number of para-hydroxylation sites is 1. The molecule has 1 aliphatic heterocycles. The molecule has 42 heavy (non-hydrogen) atoms. The molecule has 1 aliphatic rings. The van der Waals surface area contributed by atoms with Crippen molar-refractivity contribution in [1.82, 2.24) is 5.32 Å². The van der Waals surface area contributed by atoms with Gasteiger partial charge in [-0.3, -0.25) is 5.32 Å². The number of hydrogen-bond donors (Lipinski definition) is 3. The summed E-state index contributed by atoms with van der Waals surface area (Å²) in [6, 6.07) is 44.7. The van der Waals surface area contributed by atoms with Crippen molar-refractivity contribution >= 4 is 39.1 Å². The van der Waals surface area contributed by atoms with Crippen molar-refractivity contribution in [2.45, 2.75) is 12.7 Å². The number of aliphatic imine (C=N–C) groups is 1. The van der Waals surface area contributed by atoms with Crippen LogP contribution in [0.4, 0.5) is 5.69 Å². The Bertz CT molecular complexity index is 1950. The van der Waals surface area contributed by atoms with Crippen LogP contribution in [0.5, 0.6) is 0 Å². The number of rotatable bonds is 7. The van der Waals surface area contributed by atoms with Gasteiger partial charge in [0.25, 0.3) is 0 Å². The molecule has 1 heterocycles. The molecule has 0 aliphatic carbocycles. The van der Waals surface area contributed by atoms with Crippen molar-refractivity contribution in [3.05, 3.63) is 156 Å². The van der Waals surface area contributed by atoms with Gasteiger partial charge in [0, 0.05) is 29.9 Å². The highest BCUT2D eigenvalue weighted by Crippen LogP contribution is 2.33. The summed E-state index contributed by atoms with van der Waals surface area (Å²) in [5.74, 6) is 0.502. The first kappa shape index (κ1) is 25.8. The average Bonchev–Trinajstić information content (AvgIpc) is 3.06. The van der Waals surface area contributed by atoms with Gasteiger partial charge in [0.1, 0.15) is 12.0 Å². The number of amidine groups is 1. The summed E-state index contributed by atoms with van der Waals surface area (Å²) >= 11 is 0. The maximum atomic E-state index is 6.68. The summed E-state index contributed by atoms with van der Waals surface area (Å²) in [7, 11) is 0. The van der Waals surface area contributed by atoms with Crippen LogP contribution in [0.15, 0.2) is 138 Å². The zero-order valence-corrected chi connectivity index (χ0v) is 23.3. The van der Waals surface area contributed by atoms with E-state index in [1.54, 1.807) is 0 Å². The first-order valence-corrected chi connectivity index (χ1v) is 14.4. The molecule has 1 atom stereocenters. The van der Waals surface area contributed by atoms with E-state index >= 15 is 0 Å². The Morgan fingerprint density at radius 3 is 2.24 bits per heavy atom. The van der Waals surface area contributed by atoms with Gasteiger partial charge in [-0.25, -0.2) is 4.99 Å². The normalized spacial score (nSPS) is 13.6. The zero-order valence-electron chi connectivity index (χ0n) is 23.3. The lowest BCUT2D eigenvalue weighted by Gasteiger charge is -2.18. The van der Waals surface area contributed by atoms with Crippen LogP contribution in [0.1, 0.15) is 28.4 Å². The lowest BCUT2D eigenvalue weighted by Crippen LogP contribution is -2.24. The third kappa shape index (κ3) is 5.28. The predicted molar refractivity (Wildman–Crippen MR) is 178 cm³/mol. The fraction of sp³-hybridized carbons (Fsp3) is 0.0789. The van der Waals surface area contributed by atoms with Crippen LogP contribution < -0.4 is 16.4 Å². The van der Waals surface area contributed by atoms with Gasteiger partial charge in [-0.15, -0.1) is 0 Å². The molecule has 0 saturated heterocycles. The molecule has 0 fully saturated rings. The number of hydrogen-bond acceptors (Lipinski definition) is 3. The molecule has 4 N–H and O–H groups in total. The van der Waals surface area contributed by atoms with Crippen LogP contribution >= 0.6 is 0 Å². The summed E-state index contributed by atoms with van der Waals surface area (Å²) in [4.78, 5) is 5.04. The van der Waals surface area contributed by atoms with E-state index in [0.29, 0.717) is 12.4 Å². The molecular weight excluding hydrogens is 512 g/mol. The molecule has 0 aromatic heterocycles. The Kier molecular flexibility index (Phi) is 6.97. The van der Waals surface area contributed by atoms with Crippen LogP contribution in [0.25, 0.3) is 38.7 Å². The predicted octanol–water partition coefficient (Wildman–Crippen LogP) is 8.29. The fourth-order valence-corrected chi connectivity index (χ4v) is 5.71. The number of nitrogens with two attached hydrogens (primary N) is 1. The second-order valence-electron chi connectivity index (χ2n) is 10.7. The van der Waals surface area contributed by atoms with Crippen molar-refractivity contribution in [2.75, 3.05) is 11.9 Å². The Hall–Kier alpha value is -5.19. The quantitative estimate of drug-likeness (QED) is 0.140. The Labute approximate surface area is 246 Å². The minimum absolute atomic E-state index is 0.308. The largest absolute Gasteiger partial charge is 0.383 e. The Morgan fingerprint density at radius 1 is 0.738 bits per heavy atom. The smallest absolute Gasteiger partial charge is 0.128 e. The molecule has 0 bridgehead atoms. The van der Waals surface area contributed by atoms with Gasteiger partial charge in [-0.05, 0) is 55.9 Å². The highest BCUT2D eigenvalue weighted by atomic mass is 15.1. The number of fused-ring (bicyclic) bond motifs is 3. The van der Waals surface area contributed by atoms with E-state index in [0.717, 1.165) is 23.2 Å². The van der Waals surface area contributed by atoms with Crippen LogP contribution in [-0.4, -0.2) is 12.4 Å². The molecule has 1 unspecified atom stereocenters. The minimum atomic E-state index is -0.308. The van der Waals surface area contributed by atoms with Gasteiger partial charge in [-0.1, -0.05) is 127 Å². The van der Waals surface area contributed by atoms with Crippen molar-refractivity contribution in [3.63, 3.8) is 0 Å². The summed E-state index contributed by atoms with van der Waals surface area (Å²) in [6.45, 7) is 1.50. The molecule has 0 spiro atoms. The zero-order chi connectivity index (χ0) is 28.3. The molecule has 0 saturated carbocycles. The van der Waals surface area contributed by atoms with Crippen LogP contribution in [0, 0.1) is 0 Å². The highest BCUT2D eigenvalue weighted by molar-refractivity contribution is 5.98. The van der Waals surface area contributed by atoms with E-state index in [4.69, 9.17) is 10.7 Å². The van der Waals surface area contributed by atoms with Crippen LogP contribution in [-0.2, 0) is 6.54 Å². The minimum Gasteiger partial charge on any atom is -0.383 e. The number of nitrogens with one attached hydrogen (secondary N) is 2. The summed E-state index contributed by atoms with van der Waals surface area (Å²) < 4.78 is 0. The second kappa shape index (κ2) is 11.4. The topological polar surface area (TPSA) is 62.4 Å². The number of benzene rings is 6. The van der Waals surface area contributed by atoms with Crippen molar-refractivity contribution in [2.24, 2.45) is 10.7 Å². The van der Waals surface area contributed by atoms with Crippen molar-refractivity contribution < 1.29 is 0 Å². The summed E-state index contributed by atoms with van der Waals surface area (Å²) in [5, 5.41) is 12.0. The molecule has 4 nitrogen and oxygen atoms in total. The molecule has 0 amide bonds. The Balaban J connectivity index is 1.19.